The minimum atomic E-state index is -1.00. The quantitative estimate of drug-likeness (QED) is 0.0620. The average Bonchev–Trinajstić information content (AvgIpc) is 3.95. The highest BCUT2D eigenvalue weighted by Crippen LogP contribution is 2.55. The van der Waals surface area contributed by atoms with E-state index in [1.807, 2.05) is 79.7 Å². The summed E-state index contributed by atoms with van der Waals surface area (Å²) in [5.41, 5.74) is 1.76. The van der Waals surface area contributed by atoms with Crippen LogP contribution in [0.5, 0.6) is 23.0 Å². The number of hydrogen-bond donors (Lipinski definition) is 4. The van der Waals surface area contributed by atoms with Gasteiger partial charge >= 0.3 is 0 Å². The zero-order valence-electron chi connectivity index (χ0n) is 41.2. The first-order valence-electron chi connectivity index (χ1n) is 23.5. The molecule has 1 saturated carbocycles. The first-order valence-corrected chi connectivity index (χ1v) is 23.8. The molecule has 374 valence electrons. The Morgan fingerprint density at radius 2 is 1.55 bits per heavy atom. The van der Waals surface area contributed by atoms with Gasteiger partial charge in [0, 0.05) is 53.6 Å². The Morgan fingerprint density at radius 3 is 2.15 bits per heavy atom. The molecule has 0 unspecified atom stereocenters. The van der Waals surface area contributed by atoms with Crippen LogP contribution in [0.3, 0.4) is 0 Å². The lowest BCUT2D eigenvalue weighted by molar-refractivity contribution is -0.164. The number of β-amino-alcohol motifs (C(OH)–C–C–N with tert-alkyl or cyclic N) is 1. The van der Waals surface area contributed by atoms with Crippen molar-refractivity contribution in [3.8, 4) is 40.4 Å². The number of rotatable bonds is 18. The third-order valence-electron chi connectivity index (χ3n) is 13.0. The van der Waals surface area contributed by atoms with E-state index < -0.39 is 52.2 Å². The van der Waals surface area contributed by atoms with Crippen LogP contribution in [-0.4, -0.2) is 95.3 Å². The normalized spacial score (nSPS) is 19.4. The van der Waals surface area contributed by atoms with Crippen molar-refractivity contribution in [2.75, 3.05) is 26.4 Å². The lowest BCUT2D eigenvalue weighted by Gasteiger charge is -2.63. The molecule has 4 aromatic carbocycles. The number of nitrogens with zero attached hydrogens (tertiary/aromatic N) is 3. The van der Waals surface area contributed by atoms with Crippen molar-refractivity contribution < 1.29 is 47.6 Å². The maximum absolute atomic E-state index is 14.0. The number of carbonyl (C=O) groups excluding carboxylic acids is 4. The molecule has 0 radical (unpaired) electrons. The first kappa shape index (κ1) is 51.9. The van der Waals surface area contributed by atoms with Gasteiger partial charge in [0.25, 0.3) is 5.91 Å². The molecule has 4 N–H and O–H groups in total. The molecule has 2 fully saturated rings. The Hall–Kier alpha value is -6.93. The molecular formula is C54H61ClN6O10. The molecule has 1 aliphatic heterocycles. The van der Waals surface area contributed by atoms with Gasteiger partial charge in [-0.2, -0.15) is 5.26 Å². The Kier molecular flexibility index (Phi) is 15.8. The highest BCUT2D eigenvalue weighted by atomic mass is 35.5. The van der Waals surface area contributed by atoms with E-state index in [0.29, 0.717) is 44.9 Å². The number of nitriles is 1. The zero-order valence-corrected chi connectivity index (χ0v) is 42.0. The van der Waals surface area contributed by atoms with E-state index in [-0.39, 0.29) is 57.4 Å². The van der Waals surface area contributed by atoms with Crippen LogP contribution in [0.2, 0.25) is 5.02 Å². The summed E-state index contributed by atoms with van der Waals surface area (Å²) in [4.78, 5) is 59.4. The van der Waals surface area contributed by atoms with Gasteiger partial charge in [-0.15, -0.1) is 0 Å². The summed E-state index contributed by atoms with van der Waals surface area (Å²) in [7, 11) is 0. The molecule has 0 spiro atoms. The van der Waals surface area contributed by atoms with Crippen molar-refractivity contribution in [3.63, 3.8) is 0 Å². The summed E-state index contributed by atoms with van der Waals surface area (Å²) in [6.07, 6.45) is 0.329. The highest BCUT2D eigenvalue weighted by molar-refractivity contribution is 6.31. The molecule has 1 aromatic heterocycles. The van der Waals surface area contributed by atoms with Crippen LogP contribution in [0.1, 0.15) is 82.1 Å². The van der Waals surface area contributed by atoms with Crippen LogP contribution < -0.4 is 30.2 Å². The number of aliphatic hydroxyl groups excluding tert-OH is 1. The van der Waals surface area contributed by atoms with E-state index in [1.165, 1.54) is 11.3 Å². The molecule has 4 amide bonds. The monoisotopic (exact) mass is 988 g/mol. The van der Waals surface area contributed by atoms with Gasteiger partial charge in [0.05, 0.1) is 29.0 Å². The number of aryl methyl sites for hydroxylation is 1. The number of ether oxygens (including phenoxy) is 4. The number of nitrogens with one attached hydrogen (secondary N) is 3. The van der Waals surface area contributed by atoms with E-state index in [0.717, 1.165) is 16.8 Å². The van der Waals surface area contributed by atoms with Crippen molar-refractivity contribution in [2.45, 2.75) is 98.7 Å². The van der Waals surface area contributed by atoms with Crippen LogP contribution in [-0.2, 0) is 25.7 Å². The molecular weight excluding hydrogens is 928 g/mol. The lowest BCUT2D eigenvalue weighted by atomic mass is 9.49. The van der Waals surface area contributed by atoms with Gasteiger partial charge in [-0.3, -0.25) is 19.2 Å². The summed E-state index contributed by atoms with van der Waals surface area (Å²) >= 11 is 6.24. The maximum Gasteiger partial charge on any atom is 0.251 e. The minimum Gasteiger partial charge on any atom is -0.491 e. The first-order chi connectivity index (χ1) is 33.6. The molecule has 2 heterocycles. The smallest absolute Gasteiger partial charge is 0.251 e. The average molecular weight is 990 g/mol. The predicted octanol–water partition coefficient (Wildman–Crippen LogP) is 7.78. The van der Waals surface area contributed by atoms with Crippen LogP contribution in [0.15, 0.2) is 102 Å². The number of amides is 4. The van der Waals surface area contributed by atoms with Gasteiger partial charge < -0.3 is 49.3 Å². The third kappa shape index (κ3) is 12.2. The number of likely N-dealkylation sites (tertiary alicyclic amines) is 1. The highest BCUT2D eigenvalue weighted by Gasteiger charge is 2.64. The van der Waals surface area contributed by atoms with Crippen molar-refractivity contribution in [2.24, 2.45) is 16.2 Å². The van der Waals surface area contributed by atoms with E-state index in [2.05, 4.69) is 27.0 Å². The Labute approximate surface area is 419 Å². The minimum absolute atomic E-state index is 0.0446. The number of oxazole rings is 1. The molecule has 2 aliphatic rings. The number of carbonyl (C=O) groups is 4. The standard InChI is InChI=1S/C54H61ClN6O10/c1-32-45(69-31-58-32)34-11-9-33(10-12-34)28-57-48(65)43-25-37(62)29-61(43)49(66)46(52(2,3)4)59-44(63)30-67-23-24-68-38-19-21-40(22-20-38)70-39-16-13-35(14-17-39)47(64)60-50-53(5,6)51(54(50,7)8)71-41-18-15-36(27-56)42(55)26-41/h9-22,26,31,37,43,46,50-51,62H,23-25,28-30H2,1-8H3,(H,57,65)(H,59,63)(H,60,64)/t37-,43+,46-,50?,51?/m1/s1. The van der Waals surface area contributed by atoms with Gasteiger partial charge in [0.1, 0.15) is 60.5 Å². The Balaban J connectivity index is 0.823. The molecule has 3 atom stereocenters. The van der Waals surface area contributed by atoms with E-state index in [9.17, 15) is 29.5 Å². The van der Waals surface area contributed by atoms with Crippen LogP contribution >= 0.6 is 11.6 Å². The van der Waals surface area contributed by atoms with Crippen LogP contribution in [0, 0.1) is 34.5 Å². The molecule has 16 nitrogen and oxygen atoms in total. The van der Waals surface area contributed by atoms with Gasteiger partial charge in [-0.05, 0) is 78.6 Å². The third-order valence-corrected chi connectivity index (χ3v) is 13.4. The second-order valence-corrected chi connectivity index (χ2v) is 20.7. The van der Waals surface area contributed by atoms with Gasteiger partial charge in [-0.25, -0.2) is 4.98 Å². The fraction of sp³-hybridized carbons (Fsp3) is 0.407. The number of halogens is 1. The topological polar surface area (TPSA) is 215 Å². The number of hydrogen-bond acceptors (Lipinski definition) is 12. The van der Waals surface area contributed by atoms with E-state index in [4.69, 9.17) is 35.0 Å². The Bertz CT molecular complexity index is 2730. The molecule has 71 heavy (non-hydrogen) atoms. The SMILES string of the molecule is Cc1ncoc1-c1ccc(CNC(=O)[C@@H]2C[C@@H](O)CN2C(=O)[C@@H](NC(=O)COCCOc2ccc(Oc3ccc(C(=O)NC4C(C)(C)C(Oc5ccc(C#N)c(Cl)c5)C4(C)C)cc3)cc2)C(C)(C)C)cc1. The summed E-state index contributed by atoms with van der Waals surface area (Å²) in [5, 5.41) is 29.0. The fourth-order valence-electron chi connectivity index (χ4n) is 9.59. The van der Waals surface area contributed by atoms with Crippen molar-refractivity contribution in [3.05, 3.63) is 125 Å². The predicted molar refractivity (Wildman–Crippen MR) is 265 cm³/mol. The second kappa shape index (κ2) is 21.6. The van der Waals surface area contributed by atoms with Crippen LogP contribution in [0.25, 0.3) is 11.3 Å². The maximum atomic E-state index is 14.0. The second-order valence-electron chi connectivity index (χ2n) is 20.2. The van der Waals surface area contributed by atoms with Gasteiger partial charge in [0.15, 0.2) is 12.2 Å². The summed E-state index contributed by atoms with van der Waals surface area (Å²) in [6.45, 7) is 15.5. The summed E-state index contributed by atoms with van der Waals surface area (Å²) in [6, 6.07) is 26.3. The lowest BCUT2D eigenvalue weighted by Crippen LogP contribution is -2.74. The molecule has 17 heteroatoms. The van der Waals surface area contributed by atoms with Crippen molar-refractivity contribution >= 4 is 35.2 Å². The molecule has 5 aromatic rings. The number of aliphatic hydroxyl groups is 1. The van der Waals surface area contributed by atoms with E-state index >= 15 is 0 Å². The molecule has 7 rings (SSSR count). The largest absolute Gasteiger partial charge is 0.491 e. The van der Waals surface area contributed by atoms with Gasteiger partial charge in [-0.1, -0.05) is 84.3 Å². The number of aromatic nitrogens is 1. The van der Waals surface area contributed by atoms with E-state index in [1.54, 1.807) is 66.7 Å². The molecule has 1 aliphatic carbocycles. The molecule has 0 bridgehead atoms. The fourth-order valence-corrected chi connectivity index (χ4v) is 9.80. The van der Waals surface area contributed by atoms with Gasteiger partial charge in [0.2, 0.25) is 17.7 Å². The van der Waals surface area contributed by atoms with Crippen molar-refractivity contribution in [1.82, 2.24) is 25.8 Å². The van der Waals surface area contributed by atoms with Crippen LogP contribution in [0.4, 0.5) is 0 Å². The zero-order chi connectivity index (χ0) is 51.3. The molecule has 1 saturated heterocycles. The Morgan fingerprint density at radius 1 is 0.915 bits per heavy atom. The summed E-state index contributed by atoms with van der Waals surface area (Å²) < 4.78 is 29.2. The number of benzene rings is 4. The van der Waals surface area contributed by atoms with Crippen molar-refractivity contribution in [1.29, 1.82) is 5.26 Å². The summed E-state index contributed by atoms with van der Waals surface area (Å²) in [5.74, 6) is 1.25.